The summed E-state index contributed by atoms with van der Waals surface area (Å²) in [4.78, 5) is 8.22. The summed E-state index contributed by atoms with van der Waals surface area (Å²) in [5, 5.41) is 5.66. The van der Waals surface area contributed by atoms with E-state index in [-0.39, 0.29) is 4.75 Å². The highest BCUT2D eigenvalue weighted by Gasteiger charge is 2.19. The minimum Gasteiger partial charge on any atom is -0.199 e. The summed E-state index contributed by atoms with van der Waals surface area (Å²) in [5.41, 5.74) is 0.944. The summed E-state index contributed by atoms with van der Waals surface area (Å²) >= 11 is 7.78. The van der Waals surface area contributed by atoms with Gasteiger partial charge in [-0.1, -0.05) is 44.1 Å². The van der Waals surface area contributed by atoms with Crippen molar-refractivity contribution in [2.75, 3.05) is 0 Å². The van der Waals surface area contributed by atoms with Crippen LogP contribution in [0.5, 0.6) is 0 Å². The van der Waals surface area contributed by atoms with Crippen molar-refractivity contribution in [2.24, 2.45) is 0 Å². The van der Waals surface area contributed by atoms with Crippen molar-refractivity contribution in [3.63, 3.8) is 0 Å². The van der Waals surface area contributed by atoms with Gasteiger partial charge in [-0.15, -0.1) is 0 Å². The third kappa shape index (κ3) is 2.15. The molecule has 0 saturated carbocycles. The van der Waals surface area contributed by atoms with Crippen LogP contribution >= 0.6 is 23.4 Å². The summed E-state index contributed by atoms with van der Waals surface area (Å²) in [7, 11) is 0. The van der Waals surface area contributed by atoms with E-state index in [9.17, 15) is 0 Å². The number of hydrogen-bond donors (Lipinski definition) is 0. The average Bonchev–Trinajstić information content (AvgIpc) is 2.58. The first-order valence-corrected chi connectivity index (χ1v) is 6.13. The van der Waals surface area contributed by atoms with Gasteiger partial charge >= 0.3 is 0 Å². The van der Waals surface area contributed by atoms with Crippen molar-refractivity contribution < 1.29 is 0 Å². The van der Waals surface area contributed by atoms with E-state index in [0.29, 0.717) is 10.9 Å². The van der Waals surface area contributed by atoms with Crippen molar-refractivity contribution >= 4 is 29.1 Å². The van der Waals surface area contributed by atoms with Crippen molar-refractivity contribution in [3.8, 4) is 0 Å². The van der Waals surface area contributed by atoms with Gasteiger partial charge in [-0.05, 0) is 6.92 Å². The van der Waals surface area contributed by atoms with Crippen LogP contribution in [0.2, 0.25) is 5.15 Å². The first-order valence-electron chi connectivity index (χ1n) is 4.93. The lowest BCUT2D eigenvalue weighted by Crippen LogP contribution is -2.11. The zero-order valence-corrected chi connectivity index (χ0v) is 11.2. The molecule has 0 N–H and O–H groups in total. The molecule has 2 aromatic heterocycles. The highest BCUT2D eigenvalue weighted by Crippen LogP contribution is 2.35. The maximum Gasteiger partial charge on any atom is 0.254 e. The fourth-order valence-corrected chi connectivity index (χ4v) is 2.55. The van der Waals surface area contributed by atoms with Crippen LogP contribution < -0.4 is 0 Å². The Labute approximate surface area is 103 Å². The Hall–Kier alpha value is -0.810. The van der Waals surface area contributed by atoms with Gasteiger partial charge in [0.15, 0.2) is 0 Å². The SMILES string of the molecule is Cc1c(Cl)nc2ncnn2c1SC(C)(C)C. The molecule has 0 aliphatic rings. The summed E-state index contributed by atoms with van der Waals surface area (Å²) < 4.78 is 1.82. The van der Waals surface area contributed by atoms with Crippen molar-refractivity contribution in [1.82, 2.24) is 19.6 Å². The number of aromatic nitrogens is 4. The number of nitrogens with zero attached hydrogens (tertiary/aromatic N) is 4. The van der Waals surface area contributed by atoms with Crippen LogP contribution in [0.3, 0.4) is 0 Å². The molecule has 0 bridgehead atoms. The molecule has 0 aliphatic heterocycles. The molecule has 0 saturated heterocycles. The molecule has 4 nitrogen and oxygen atoms in total. The highest BCUT2D eigenvalue weighted by molar-refractivity contribution is 8.00. The average molecular weight is 257 g/mol. The number of halogens is 1. The topological polar surface area (TPSA) is 43.1 Å². The molecular weight excluding hydrogens is 244 g/mol. The number of hydrogen-bond acceptors (Lipinski definition) is 4. The molecule has 2 rings (SSSR count). The third-order valence-corrected chi connectivity index (χ3v) is 3.61. The van der Waals surface area contributed by atoms with Crippen LogP contribution in [0.4, 0.5) is 0 Å². The predicted octanol–water partition coefficient (Wildman–Crippen LogP) is 2.98. The Morgan fingerprint density at radius 3 is 2.69 bits per heavy atom. The molecule has 16 heavy (non-hydrogen) atoms. The minimum atomic E-state index is 0.0916. The van der Waals surface area contributed by atoms with Gasteiger partial charge < -0.3 is 0 Å². The fourth-order valence-electron chi connectivity index (χ4n) is 1.28. The number of fused-ring (bicyclic) bond motifs is 1. The van der Waals surface area contributed by atoms with E-state index in [1.807, 2.05) is 6.92 Å². The van der Waals surface area contributed by atoms with E-state index in [2.05, 4.69) is 35.8 Å². The standard InChI is InChI=1S/C10H13ClN4S/c1-6-7(11)14-9-12-5-13-15(9)8(6)16-10(2,3)4/h5H,1-4H3. The van der Waals surface area contributed by atoms with Gasteiger partial charge in [-0.25, -0.2) is 0 Å². The lowest BCUT2D eigenvalue weighted by atomic mass is 10.3. The van der Waals surface area contributed by atoms with Gasteiger partial charge in [0.05, 0.1) is 0 Å². The zero-order chi connectivity index (χ0) is 11.9. The second kappa shape index (κ2) is 3.89. The van der Waals surface area contributed by atoms with E-state index < -0.39 is 0 Å². The molecule has 0 aromatic carbocycles. The van der Waals surface area contributed by atoms with E-state index in [0.717, 1.165) is 10.6 Å². The number of thioether (sulfide) groups is 1. The molecule has 0 atom stereocenters. The molecule has 0 fully saturated rings. The van der Waals surface area contributed by atoms with Crippen molar-refractivity contribution in [2.45, 2.75) is 37.5 Å². The van der Waals surface area contributed by atoms with Gasteiger partial charge in [0.1, 0.15) is 16.5 Å². The number of rotatable bonds is 1. The molecule has 0 radical (unpaired) electrons. The van der Waals surface area contributed by atoms with Gasteiger partial charge in [-0.2, -0.15) is 19.6 Å². The van der Waals surface area contributed by atoms with Gasteiger partial charge in [0.2, 0.25) is 0 Å². The largest absolute Gasteiger partial charge is 0.254 e. The van der Waals surface area contributed by atoms with Gasteiger partial charge in [0.25, 0.3) is 5.78 Å². The first-order chi connectivity index (χ1) is 7.38. The monoisotopic (exact) mass is 256 g/mol. The molecule has 0 unspecified atom stereocenters. The van der Waals surface area contributed by atoms with Crippen LogP contribution in [0.15, 0.2) is 11.4 Å². The van der Waals surface area contributed by atoms with Crippen LogP contribution in [0.1, 0.15) is 26.3 Å². The zero-order valence-electron chi connectivity index (χ0n) is 9.65. The lowest BCUT2D eigenvalue weighted by molar-refractivity contribution is 0.774. The molecule has 0 amide bonds. The molecule has 86 valence electrons. The molecule has 6 heteroatoms. The summed E-state index contributed by atoms with van der Waals surface area (Å²) in [6.07, 6.45) is 1.49. The molecule has 2 heterocycles. The molecular formula is C10H13ClN4S. The first kappa shape index (κ1) is 11.7. The maximum absolute atomic E-state index is 6.07. The highest BCUT2D eigenvalue weighted by atomic mass is 35.5. The Morgan fingerprint density at radius 2 is 2.06 bits per heavy atom. The van der Waals surface area contributed by atoms with Crippen molar-refractivity contribution in [3.05, 3.63) is 17.0 Å². The Bertz CT molecular complexity index is 529. The summed E-state index contributed by atoms with van der Waals surface area (Å²) in [6.45, 7) is 8.39. The minimum absolute atomic E-state index is 0.0916. The van der Waals surface area contributed by atoms with Crippen LogP contribution in [0.25, 0.3) is 5.78 Å². The molecule has 0 spiro atoms. The van der Waals surface area contributed by atoms with Gasteiger partial charge in [-0.3, -0.25) is 0 Å². The predicted molar refractivity (Wildman–Crippen MR) is 66.1 cm³/mol. The Balaban J connectivity index is 2.65. The Kier molecular flexibility index (Phi) is 2.84. The summed E-state index contributed by atoms with van der Waals surface area (Å²) in [5.74, 6) is 0.544. The maximum atomic E-state index is 6.07. The lowest BCUT2D eigenvalue weighted by Gasteiger charge is -2.19. The van der Waals surface area contributed by atoms with Crippen LogP contribution in [-0.2, 0) is 0 Å². The van der Waals surface area contributed by atoms with Crippen LogP contribution in [0, 0.1) is 6.92 Å². The van der Waals surface area contributed by atoms with E-state index in [1.165, 1.54) is 6.33 Å². The van der Waals surface area contributed by atoms with E-state index >= 15 is 0 Å². The van der Waals surface area contributed by atoms with Crippen LogP contribution in [-0.4, -0.2) is 24.3 Å². The molecule has 2 aromatic rings. The molecule has 0 aliphatic carbocycles. The van der Waals surface area contributed by atoms with Gasteiger partial charge in [0, 0.05) is 10.3 Å². The van der Waals surface area contributed by atoms with E-state index in [1.54, 1.807) is 16.3 Å². The second-order valence-electron chi connectivity index (χ2n) is 4.52. The van der Waals surface area contributed by atoms with Crippen molar-refractivity contribution in [1.29, 1.82) is 0 Å². The quantitative estimate of drug-likeness (QED) is 0.581. The summed E-state index contributed by atoms with van der Waals surface area (Å²) in [6, 6.07) is 0. The van der Waals surface area contributed by atoms with E-state index in [4.69, 9.17) is 11.6 Å². The Morgan fingerprint density at radius 1 is 1.38 bits per heavy atom. The third-order valence-electron chi connectivity index (χ3n) is 1.95. The normalized spacial score (nSPS) is 12.3. The fraction of sp³-hybridized carbons (Fsp3) is 0.500. The second-order valence-corrected chi connectivity index (χ2v) is 6.69. The smallest absolute Gasteiger partial charge is 0.199 e.